The van der Waals surface area contributed by atoms with E-state index in [0.717, 1.165) is 30.7 Å². The molecule has 24 heavy (non-hydrogen) atoms. The zero-order valence-electron chi connectivity index (χ0n) is 14.2. The molecule has 1 heterocycles. The van der Waals surface area contributed by atoms with Crippen molar-refractivity contribution >= 4 is 11.4 Å². The summed E-state index contributed by atoms with van der Waals surface area (Å²) >= 11 is 0. The number of aliphatic imine (C=N–C) groups is 1. The van der Waals surface area contributed by atoms with Crippen LogP contribution in [0, 0.1) is 10.1 Å². The average molecular weight is 330 g/mol. The first-order valence-electron chi connectivity index (χ1n) is 8.09. The first-order valence-corrected chi connectivity index (χ1v) is 8.09. The number of aromatic amines is 1. The highest BCUT2D eigenvalue weighted by Crippen LogP contribution is 2.15. The number of nitro groups is 1. The van der Waals surface area contributed by atoms with E-state index in [4.69, 9.17) is 0 Å². The summed E-state index contributed by atoms with van der Waals surface area (Å²) in [5.74, 6) is 0. The predicted molar refractivity (Wildman–Crippen MR) is 94.4 cm³/mol. The maximum atomic E-state index is 12.8. The normalized spacial score (nSPS) is 11.7. The molecule has 0 spiro atoms. The molecule has 0 aliphatic rings. The van der Waals surface area contributed by atoms with Crippen molar-refractivity contribution in [1.29, 1.82) is 0 Å². The van der Waals surface area contributed by atoms with Crippen LogP contribution in [0.15, 0.2) is 34.1 Å². The number of non-ortho nitro benzene ring substituents is 1. The van der Waals surface area contributed by atoms with E-state index in [-0.39, 0.29) is 11.2 Å². The van der Waals surface area contributed by atoms with Gasteiger partial charge in [0.15, 0.2) is 0 Å². The Labute approximate surface area is 140 Å². The smallest absolute Gasteiger partial charge is 0.280 e. The van der Waals surface area contributed by atoms with E-state index in [9.17, 15) is 14.9 Å². The lowest BCUT2D eigenvalue weighted by Gasteiger charge is -2.01. The number of benzene rings is 1. The van der Waals surface area contributed by atoms with Gasteiger partial charge in [-0.25, -0.2) is 4.68 Å². The molecule has 0 aliphatic carbocycles. The molecule has 0 bridgehead atoms. The van der Waals surface area contributed by atoms with Gasteiger partial charge in [-0.3, -0.25) is 25.0 Å². The summed E-state index contributed by atoms with van der Waals surface area (Å²) in [6.07, 6.45) is 2.55. The minimum Gasteiger partial charge on any atom is -0.294 e. The van der Waals surface area contributed by atoms with Crippen molar-refractivity contribution in [2.24, 2.45) is 4.99 Å². The summed E-state index contributed by atoms with van der Waals surface area (Å²) in [5.41, 5.74) is 2.55. The summed E-state index contributed by atoms with van der Waals surface area (Å²) < 4.78 is 1.43. The van der Waals surface area contributed by atoms with Crippen LogP contribution < -0.4 is 5.56 Å². The molecule has 0 aliphatic heterocycles. The minimum absolute atomic E-state index is 0.00644. The number of nitro benzene ring substituents is 1. The Morgan fingerprint density at radius 3 is 2.46 bits per heavy atom. The van der Waals surface area contributed by atoms with Crippen molar-refractivity contribution in [3.63, 3.8) is 0 Å². The summed E-state index contributed by atoms with van der Waals surface area (Å²) in [4.78, 5) is 27.6. The van der Waals surface area contributed by atoms with Gasteiger partial charge in [-0.2, -0.15) is 0 Å². The van der Waals surface area contributed by atoms with Crippen LogP contribution in [-0.2, 0) is 6.42 Å². The molecule has 1 aromatic carbocycles. The molecular weight excluding hydrogens is 308 g/mol. The van der Waals surface area contributed by atoms with Crippen LogP contribution >= 0.6 is 0 Å². The van der Waals surface area contributed by atoms with Gasteiger partial charge in [-0.15, -0.1) is 0 Å². The van der Waals surface area contributed by atoms with Crippen molar-refractivity contribution in [1.82, 2.24) is 9.78 Å². The van der Waals surface area contributed by atoms with Crippen LogP contribution in [0.5, 0.6) is 0 Å². The Hall–Kier alpha value is -2.70. The van der Waals surface area contributed by atoms with Gasteiger partial charge in [0.2, 0.25) is 0 Å². The second-order valence-corrected chi connectivity index (χ2v) is 5.60. The fraction of sp³-hybridized carbons (Fsp3) is 0.412. The Morgan fingerprint density at radius 1 is 1.25 bits per heavy atom. The number of nitrogens with zero attached hydrogens (tertiary/aromatic N) is 3. The largest absolute Gasteiger partial charge is 0.294 e. The number of hydrogen-bond acceptors (Lipinski definition) is 4. The molecule has 7 nitrogen and oxygen atoms in total. The third-order valence-electron chi connectivity index (χ3n) is 3.72. The molecule has 1 N–H and O–H groups in total. The van der Waals surface area contributed by atoms with Gasteiger partial charge >= 0.3 is 0 Å². The van der Waals surface area contributed by atoms with Crippen molar-refractivity contribution < 1.29 is 4.92 Å². The Balaban J connectivity index is 2.52. The van der Waals surface area contributed by atoms with Crippen LogP contribution in [0.3, 0.4) is 0 Å². The molecule has 0 atom stereocenters. The number of H-pyrrole nitrogens is 1. The molecule has 7 heteroatoms. The molecule has 0 amide bonds. The third-order valence-corrected chi connectivity index (χ3v) is 3.72. The second-order valence-electron chi connectivity index (χ2n) is 5.60. The molecule has 2 aromatic rings. The van der Waals surface area contributed by atoms with E-state index < -0.39 is 4.92 Å². The van der Waals surface area contributed by atoms with Crippen molar-refractivity contribution in [3.8, 4) is 5.69 Å². The highest BCUT2D eigenvalue weighted by Gasteiger charge is 2.17. The van der Waals surface area contributed by atoms with Crippen LogP contribution in [-0.4, -0.2) is 27.0 Å². The lowest BCUT2D eigenvalue weighted by Crippen LogP contribution is -2.20. The van der Waals surface area contributed by atoms with E-state index in [1.165, 1.54) is 16.8 Å². The topological polar surface area (TPSA) is 93.3 Å². The van der Waals surface area contributed by atoms with Gasteiger partial charge in [0.05, 0.1) is 16.2 Å². The Morgan fingerprint density at radius 2 is 1.92 bits per heavy atom. The zero-order chi connectivity index (χ0) is 17.7. The second kappa shape index (κ2) is 7.72. The van der Waals surface area contributed by atoms with E-state index in [1.54, 1.807) is 12.1 Å². The number of nitrogens with one attached hydrogen (secondary N) is 1. The third kappa shape index (κ3) is 3.61. The minimum atomic E-state index is -0.462. The van der Waals surface area contributed by atoms with E-state index >= 15 is 0 Å². The fourth-order valence-electron chi connectivity index (χ4n) is 2.55. The van der Waals surface area contributed by atoms with Gasteiger partial charge in [0.25, 0.3) is 11.2 Å². The van der Waals surface area contributed by atoms with Gasteiger partial charge in [0.1, 0.15) is 0 Å². The highest BCUT2D eigenvalue weighted by molar-refractivity contribution is 5.99. The first-order chi connectivity index (χ1) is 11.5. The van der Waals surface area contributed by atoms with Crippen LogP contribution in [0.2, 0.25) is 0 Å². The molecule has 0 radical (unpaired) electrons. The highest BCUT2D eigenvalue weighted by atomic mass is 16.6. The molecule has 128 valence electrons. The maximum Gasteiger partial charge on any atom is 0.280 e. The predicted octanol–water partition coefficient (Wildman–Crippen LogP) is 3.25. The van der Waals surface area contributed by atoms with Crippen molar-refractivity contribution in [2.45, 2.75) is 40.0 Å². The average Bonchev–Trinajstić information content (AvgIpc) is 2.89. The van der Waals surface area contributed by atoms with E-state index in [1.807, 2.05) is 20.8 Å². The van der Waals surface area contributed by atoms with Gasteiger partial charge in [0, 0.05) is 30.1 Å². The van der Waals surface area contributed by atoms with Crippen LogP contribution in [0.4, 0.5) is 5.69 Å². The van der Waals surface area contributed by atoms with Gasteiger partial charge in [-0.05, 0) is 31.9 Å². The number of hydrogen-bond donors (Lipinski definition) is 1. The molecule has 2 rings (SSSR count). The first kappa shape index (κ1) is 17.7. The monoisotopic (exact) mass is 330 g/mol. The number of rotatable bonds is 7. The van der Waals surface area contributed by atoms with Crippen molar-refractivity contribution in [2.75, 3.05) is 6.54 Å². The molecule has 0 saturated carbocycles. The Bertz CT molecular complexity index is 800. The van der Waals surface area contributed by atoms with Crippen LogP contribution in [0.1, 0.15) is 44.9 Å². The number of aryl methyl sites for hydroxylation is 1. The molecule has 0 unspecified atom stereocenters. The zero-order valence-corrected chi connectivity index (χ0v) is 14.2. The van der Waals surface area contributed by atoms with Gasteiger partial charge in [-0.1, -0.05) is 20.3 Å². The fourth-order valence-corrected chi connectivity index (χ4v) is 2.55. The van der Waals surface area contributed by atoms with Crippen LogP contribution in [0.25, 0.3) is 5.69 Å². The summed E-state index contributed by atoms with van der Waals surface area (Å²) in [7, 11) is 0. The lowest BCUT2D eigenvalue weighted by atomic mass is 10.1. The molecular formula is C17H22N4O3. The Kier molecular flexibility index (Phi) is 5.68. The molecule has 1 aromatic heterocycles. The van der Waals surface area contributed by atoms with E-state index in [0.29, 0.717) is 17.8 Å². The summed E-state index contributed by atoms with van der Waals surface area (Å²) in [5, 5.41) is 13.9. The molecule has 0 fully saturated rings. The molecule has 0 saturated heterocycles. The maximum absolute atomic E-state index is 12.8. The van der Waals surface area contributed by atoms with E-state index in [2.05, 4.69) is 10.1 Å². The summed E-state index contributed by atoms with van der Waals surface area (Å²) in [6.45, 7) is 6.61. The lowest BCUT2D eigenvalue weighted by molar-refractivity contribution is -0.384. The quantitative estimate of drug-likeness (QED) is 0.480. The number of aromatic nitrogens is 2. The van der Waals surface area contributed by atoms with Gasteiger partial charge < -0.3 is 0 Å². The SMILES string of the molecule is CCCN=C(C)c1c(CCC)[nH]n(-c2ccc([N+](=O)[O-])cc2)c1=O. The standard InChI is InChI=1S/C17H22N4O3/c1-4-6-15-16(12(3)18-11-5-2)17(22)20(19-15)13-7-9-14(10-8-13)21(23)24/h7-10,19H,4-6,11H2,1-3H3. The van der Waals surface area contributed by atoms with Crippen molar-refractivity contribution in [3.05, 3.63) is 56.0 Å². The summed E-state index contributed by atoms with van der Waals surface area (Å²) in [6, 6.07) is 5.90.